The second-order valence-electron chi connectivity index (χ2n) is 2.87. The van der Waals surface area contributed by atoms with Gasteiger partial charge in [-0.25, -0.2) is 0 Å². The second-order valence-corrected chi connectivity index (χ2v) is 5.40. The van der Waals surface area contributed by atoms with Crippen LogP contribution in [0.1, 0.15) is 19.8 Å². The molecule has 0 N–H and O–H groups in total. The zero-order valence-corrected chi connectivity index (χ0v) is 7.36. The first kappa shape index (κ1) is 8.03. The van der Waals surface area contributed by atoms with Crippen LogP contribution in [-0.2, 0) is 9.09 Å². The number of hydrogen-bond acceptors (Lipinski definition) is 2. The molecule has 1 saturated heterocycles. The molecule has 0 saturated carbocycles. The Morgan fingerprint density at radius 1 is 1.80 bits per heavy atom. The zero-order chi connectivity index (χ0) is 7.78. The summed E-state index contributed by atoms with van der Waals surface area (Å²) in [7, 11) is -2.43. The predicted molar refractivity (Wildman–Crippen MR) is 42.5 cm³/mol. The molecular formula is C7H13O2P. The van der Waals surface area contributed by atoms with E-state index in [1.165, 1.54) is 0 Å². The molecule has 58 valence electrons. The van der Waals surface area contributed by atoms with E-state index in [9.17, 15) is 4.57 Å². The molecule has 0 aromatic rings. The van der Waals surface area contributed by atoms with Crippen molar-refractivity contribution in [2.24, 2.45) is 0 Å². The standard InChI is InChI=1S/C7H13O2P/c1-6-4-5-7(2)10(3,8)9-6/h6H,2,4-5H2,1,3H3. The number of allylic oxidation sites excluding steroid dienone is 1. The molecule has 3 heteroatoms. The fourth-order valence-electron chi connectivity index (χ4n) is 1.04. The van der Waals surface area contributed by atoms with Crippen LogP contribution in [0.15, 0.2) is 11.9 Å². The van der Waals surface area contributed by atoms with Gasteiger partial charge in [-0.05, 0) is 19.8 Å². The van der Waals surface area contributed by atoms with Gasteiger partial charge in [0.15, 0.2) is 0 Å². The van der Waals surface area contributed by atoms with E-state index in [1.807, 2.05) is 6.92 Å². The lowest BCUT2D eigenvalue weighted by Gasteiger charge is -2.26. The Hall–Kier alpha value is -0.0700. The van der Waals surface area contributed by atoms with Crippen LogP contribution in [0.4, 0.5) is 0 Å². The molecule has 0 amide bonds. The van der Waals surface area contributed by atoms with Crippen LogP contribution in [0.2, 0.25) is 0 Å². The van der Waals surface area contributed by atoms with Gasteiger partial charge < -0.3 is 4.52 Å². The van der Waals surface area contributed by atoms with Crippen LogP contribution in [0.3, 0.4) is 0 Å². The van der Waals surface area contributed by atoms with Crippen molar-refractivity contribution < 1.29 is 9.09 Å². The van der Waals surface area contributed by atoms with E-state index in [0.29, 0.717) is 0 Å². The molecule has 0 aliphatic carbocycles. The average Bonchev–Trinajstić information content (AvgIpc) is 1.78. The fraction of sp³-hybridized carbons (Fsp3) is 0.714. The van der Waals surface area contributed by atoms with Crippen LogP contribution >= 0.6 is 7.37 Å². The van der Waals surface area contributed by atoms with Crippen molar-refractivity contribution in [1.29, 1.82) is 0 Å². The largest absolute Gasteiger partial charge is 0.323 e. The maximum Gasteiger partial charge on any atom is 0.224 e. The molecule has 2 unspecified atom stereocenters. The van der Waals surface area contributed by atoms with Gasteiger partial charge in [-0.1, -0.05) is 6.58 Å². The summed E-state index contributed by atoms with van der Waals surface area (Å²) >= 11 is 0. The molecule has 0 bridgehead atoms. The van der Waals surface area contributed by atoms with E-state index in [0.717, 1.165) is 18.2 Å². The normalized spacial score (nSPS) is 41.8. The molecule has 10 heavy (non-hydrogen) atoms. The highest BCUT2D eigenvalue weighted by Crippen LogP contribution is 2.56. The quantitative estimate of drug-likeness (QED) is 0.509. The molecule has 2 nitrogen and oxygen atoms in total. The van der Waals surface area contributed by atoms with E-state index in [1.54, 1.807) is 6.66 Å². The summed E-state index contributed by atoms with van der Waals surface area (Å²) in [6.07, 6.45) is 1.95. The van der Waals surface area contributed by atoms with E-state index in [4.69, 9.17) is 4.52 Å². The van der Waals surface area contributed by atoms with E-state index < -0.39 is 7.37 Å². The highest BCUT2D eigenvalue weighted by atomic mass is 31.2. The molecule has 2 atom stereocenters. The van der Waals surface area contributed by atoms with E-state index in [-0.39, 0.29) is 6.10 Å². The van der Waals surface area contributed by atoms with Gasteiger partial charge in [-0.2, -0.15) is 0 Å². The summed E-state index contributed by atoms with van der Waals surface area (Å²) in [6.45, 7) is 7.30. The monoisotopic (exact) mass is 160 g/mol. The molecule has 1 aliphatic rings. The molecule has 0 spiro atoms. The molecule has 1 aliphatic heterocycles. The maximum absolute atomic E-state index is 11.5. The Morgan fingerprint density at radius 2 is 2.40 bits per heavy atom. The van der Waals surface area contributed by atoms with E-state index >= 15 is 0 Å². The first-order valence-electron chi connectivity index (χ1n) is 3.46. The van der Waals surface area contributed by atoms with Gasteiger partial charge in [0.1, 0.15) is 0 Å². The van der Waals surface area contributed by atoms with Crippen LogP contribution in [0, 0.1) is 0 Å². The Kier molecular flexibility index (Phi) is 2.02. The van der Waals surface area contributed by atoms with Gasteiger partial charge in [-0.15, -0.1) is 0 Å². The summed E-state index contributed by atoms with van der Waals surface area (Å²) < 4.78 is 16.7. The highest BCUT2D eigenvalue weighted by Gasteiger charge is 2.28. The lowest BCUT2D eigenvalue weighted by atomic mass is 10.2. The van der Waals surface area contributed by atoms with Crippen molar-refractivity contribution >= 4 is 7.37 Å². The van der Waals surface area contributed by atoms with Gasteiger partial charge in [0.25, 0.3) is 0 Å². The van der Waals surface area contributed by atoms with Crippen LogP contribution in [-0.4, -0.2) is 12.8 Å². The van der Waals surface area contributed by atoms with Gasteiger partial charge in [0, 0.05) is 12.0 Å². The lowest BCUT2D eigenvalue weighted by Crippen LogP contribution is -2.12. The molecule has 0 radical (unpaired) electrons. The Balaban J connectivity index is 2.73. The molecule has 1 rings (SSSR count). The Bertz CT molecular complexity index is 198. The maximum atomic E-state index is 11.5. The minimum absolute atomic E-state index is 0.140. The second kappa shape index (κ2) is 2.52. The van der Waals surface area contributed by atoms with Crippen molar-refractivity contribution in [3.63, 3.8) is 0 Å². The van der Waals surface area contributed by atoms with Crippen LogP contribution in [0.25, 0.3) is 0 Å². The average molecular weight is 160 g/mol. The van der Waals surface area contributed by atoms with Crippen molar-refractivity contribution in [3.8, 4) is 0 Å². The molecule has 1 fully saturated rings. The van der Waals surface area contributed by atoms with Crippen molar-refractivity contribution in [2.75, 3.05) is 6.66 Å². The number of hydrogen-bond donors (Lipinski definition) is 0. The summed E-state index contributed by atoms with van der Waals surface area (Å²) in [5.41, 5.74) is 0. The third kappa shape index (κ3) is 1.50. The van der Waals surface area contributed by atoms with Crippen LogP contribution < -0.4 is 0 Å². The lowest BCUT2D eigenvalue weighted by molar-refractivity contribution is 0.206. The molecule has 1 heterocycles. The first-order valence-corrected chi connectivity index (χ1v) is 5.54. The third-order valence-electron chi connectivity index (χ3n) is 1.79. The minimum Gasteiger partial charge on any atom is -0.323 e. The summed E-state index contributed by atoms with van der Waals surface area (Å²) in [6, 6.07) is 0. The van der Waals surface area contributed by atoms with Gasteiger partial charge in [0.2, 0.25) is 7.37 Å². The van der Waals surface area contributed by atoms with E-state index in [2.05, 4.69) is 6.58 Å². The molecular weight excluding hydrogens is 147 g/mol. The fourth-order valence-corrected chi connectivity index (χ4v) is 2.52. The van der Waals surface area contributed by atoms with Gasteiger partial charge in [-0.3, -0.25) is 4.57 Å². The van der Waals surface area contributed by atoms with Crippen molar-refractivity contribution in [1.82, 2.24) is 0 Å². The summed E-state index contributed by atoms with van der Waals surface area (Å²) in [5.74, 6) is 0. The summed E-state index contributed by atoms with van der Waals surface area (Å²) in [4.78, 5) is 0. The minimum atomic E-state index is -2.43. The molecule has 0 aromatic heterocycles. The van der Waals surface area contributed by atoms with Gasteiger partial charge in [0.05, 0.1) is 6.10 Å². The smallest absolute Gasteiger partial charge is 0.224 e. The Labute approximate surface area is 61.7 Å². The Morgan fingerprint density at radius 3 is 2.80 bits per heavy atom. The molecule has 0 aromatic carbocycles. The van der Waals surface area contributed by atoms with Crippen LogP contribution in [0.5, 0.6) is 0 Å². The number of rotatable bonds is 0. The predicted octanol–water partition coefficient (Wildman–Crippen LogP) is 2.61. The third-order valence-corrected chi connectivity index (χ3v) is 3.93. The topological polar surface area (TPSA) is 26.3 Å². The highest BCUT2D eigenvalue weighted by molar-refractivity contribution is 7.62. The van der Waals surface area contributed by atoms with Crippen molar-refractivity contribution in [2.45, 2.75) is 25.9 Å². The first-order chi connectivity index (χ1) is 4.52. The summed E-state index contributed by atoms with van der Waals surface area (Å²) in [5, 5.41) is 0.783. The van der Waals surface area contributed by atoms with Crippen molar-refractivity contribution in [3.05, 3.63) is 11.9 Å². The van der Waals surface area contributed by atoms with Gasteiger partial charge >= 0.3 is 0 Å². The SMILES string of the molecule is C=C1CCC(C)OP1(C)=O. The zero-order valence-electron chi connectivity index (χ0n) is 6.46.